The maximum absolute atomic E-state index is 12.9. The molecule has 8 heterocycles. The Hall–Kier alpha value is -6.30. The van der Waals surface area contributed by atoms with E-state index in [-0.39, 0.29) is 54.6 Å². The van der Waals surface area contributed by atoms with E-state index in [0.29, 0.717) is 56.2 Å². The topological polar surface area (TPSA) is 202 Å². The van der Waals surface area contributed by atoms with Crippen molar-refractivity contribution in [2.75, 3.05) is 39.4 Å². The van der Waals surface area contributed by atoms with Gasteiger partial charge in [-0.2, -0.15) is 0 Å². The zero-order chi connectivity index (χ0) is 43.2. The van der Waals surface area contributed by atoms with Crippen molar-refractivity contribution < 1.29 is 43.0 Å². The van der Waals surface area contributed by atoms with Crippen molar-refractivity contribution in [1.29, 1.82) is 0 Å². The summed E-state index contributed by atoms with van der Waals surface area (Å²) in [5.74, 6) is 0.969. The summed E-state index contributed by atoms with van der Waals surface area (Å²) in [6.45, 7) is 6.48. The maximum atomic E-state index is 12.9. The molecule has 0 aliphatic carbocycles. The highest BCUT2D eigenvalue weighted by atomic mass is 16.5. The highest BCUT2D eigenvalue weighted by molar-refractivity contribution is 6.06. The lowest BCUT2D eigenvalue weighted by Gasteiger charge is -2.29. The molecule has 63 heavy (non-hydrogen) atoms. The largest absolute Gasteiger partial charge is 0.489 e. The van der Waals surface area contributed by atoms with Crippen LogP contribution in [0.3, 0.4) is 0 Å². The molecule has 2 unspecified atom stereocenters. The van der Waals surface area contributed by atoms with E-state index < -0.39 is 18.0 Å². The van der Waals surface area contributed by atoms with Gasteiger partial charge in [0.25, 0.3) is 11.8 Å². The normalized spacial score (nSPS) is 24.8. The molecule has 1 aromatic heterocycles. The molecule has 0 bridgehead atoms. The number of nitrogens with zero attached hydrogens (tertiary/aromatic N) is 5. The van der Waals surface area contributed by atoms with Crippen molar-refractivity contribution in [3.8, 4) is 11.5 Å². The number of likely N-dealkylation sites (tertiary alicyclic amines) is 1. The molecule has 326 valence electrons. The molecule has 7 aliphatic rings. The Morgan fingerprint density at radius 1 is 0.714 bits per heavy atom. The molecule has 6 amide bonds. The van der Waals surface area contributed by atoms with E-state index in [0.717, 1.165) is 84.9 Å². The number of carbonyl (C=O) groups is 6. The number of piperidine rings is 2. The molecule has 0 radical (unpaired) electrons. The summed E-state index contributed by atoms with van der Waals surface area (Å²) in [7, 11) is 0. The Morgan fingerprint density at radius 2 is 1.35 bits per heavy atom. The van der Waals surface area contributed by atoms with Gasteiger partial charge < -0.3 is 29.3 Å². The van der Waals surface area contributed by atoms with Crippen LogP contribution in [-0.2, 0) is 43.5 Å². The molecule has 3 N–H and O–H groups in total. The number of aromatic nitrogens is 2. The number of nitrogens with one attached hydrogen (secondary N) is 3. The van der Waals surface area contributed by atoms with E-state index in [1.807, 2.05) is 30.5 Å². The van der Waals surface area contributed by atoms with E-state index in [4.69, 9.17) is 19.2 Å². The van der Waals surface area contributed by atoms with Gasteiger partial charge in [-0.15, -0.1) is 0 Å². The van der Waals surface area contributed by atoms with Gasteiger partial charge in [0, 0.05) is 74.8 Å². The molecule has 11 rings (SSSR count). The molecule has 7 aliphatic heterocycles. The van der Waals surface area contributed by atoms with E-state index in [2.05, 4.69) is 44.0 Å². The summed E-state index contributed by atoms with van der Waals surface area (Å²) in [6, 6.07) is 16.2. The number of imide groups is 2. The zero-order valence-electron chi connectivity index (χ0n) is 34.7. The Kier molecular flexibility index (Phi) is 11.1. The van der Waals surface area contributed by atoms with Gasteiger partial charge in [-0.1, -0.05) is 6.07 Å². The molecule has 4 aromatic rings. The molecule has 0 saturated carbocycles. The number of rotatable bonds is 9. The fourth-order valence-corrected chi connectivity index (χ4v) is 9.43. The van der Waals surface area contributed by atoms with Crippen molar-refractivity contribution >= 4 is 46.3 Å². The summed E-state index contributed by atoms with van der Waals surface area (Å²) in [6.07, 6.45) is 5.25. The van der Waals surface area contributed by atoms with E-state index >= 15 is 0 Å². The van der Waals surface area contributed by atoms with E-state index in [1.165, 1.54) is 5.56 Å². The number of hydrogen-bond acceptors (Lipinski definition) is 13. The first-order chi connectivity index (χ1) is 30.6. The van der Waals surface area contributed by atoms with Crippen molar-refractivity contribution in [1.82, 2.24) is 40.6 Å². The third kappa shape index (κ3) is 8.47. The van der Waals surface area contributed by atoms with E-state index in [1.54, 1.807) is 21.9 Å². The number of fused-ring (bicyclic) bond motifs is 3. The van der Waals surface area contributed by atoms with Crippen LogP contribution in [0.4, 0.5) is 0 Å². The SMILES string of the molecule is O=C1CCC(N2Cc3cc(O[C@H]4CCN(Cc5ccc6nc(C7COC7)ncc6c5)C4)ccc3C2=O)C(=O)N1.O=C1CCC(N2Cc3cc(O[C@H]4CCNC4)ccc3C2=O)C(=O)N1. The Labute approximate surface area is 362 Å². The lowest BCUT2D eigenvalue weighted by atomic mass is 10.0. The van der Waals surface area contributed by atoms with Crippen molar-refractivity contribution in [2.24, 2.45) is 0 Å². The monoisotopic (exact) mass is 856 g/mol. The van der Waals surface area contributed by atoms with Crippen LogP contribution in [0, 0.1) is 0 Å². The van der Waals surface area contributed by atoms with Crippen molar-refractivity contribution in [2.45, 2.75) is 88.4 Å². The van der Waals surface area contributed by atoms with Gasteiger partial charge in [0.2, 0.25) is 23.6 Å². The third-order valence-electron chi connectivity index (χ3n) is 12.9. The minimum atomic E-state index is -0.614. The number of ether oxygens (including phenoxy) is 3. The van der Waals surface area contributed by atoms with Gasteiger partial charge in [-0.3, -0.25) is 44.3 Å². The molecular formula is C46H48N8O9. The van der Waals surface area contributed by atoms with Crippen LogP contribution in [0.25, 0.3) is 10.9 Å². The second kappa shape index (κ2) is 17.1. The van der Waals surface area contributed by atoms with Crippen LogP contribution in [-0.4, -0.2) is 124 Å². The van der Waals surface area contributed by atoms with E-state index in [9.17, 15) is 28.8 Å². The van der Waals surface area contributed by atoms with Gasteiger partial charge in [-0.05, 0) is 97.4 Å². The van der Waals surface area contributed by atoms with Crippen molar-refractivity contribution in [3.63, 3.8) is 0 Å². The molecule has 17 nitrogen and oxygen atoms in total. The van der Waals surface area contributed by atoms with Gasteiger partial charge in [-0.25, -0.2) is 9.97 Å². The summed E-state index contributed by atoms with van der Waals surface area (Å²) in [5.41, 5.74) is 5.10. The van der Waals surface area contributed by atoms with Gasteiger partial charge >= 0.3 is 0 Å². The van der Waals surface area contributed by atoms with Crippen LogP contribution in [0.2, 0.25) is 0 Å². The molecule has 0 spiro atoms. The van der Waals surface area contributed by atoms with Gasteiger partial charge in [0.15, 0.2) is 0 Å². The second-order valence-electron chi connectivity index (χ2n) is 17.3. The molecule has 3 aromatic carbocycles. The molecule has 5 saturated heterocycles. The summed E-state index contributed by atoms with van der Waals surface area (Å²) < 4.78 is 17.5. The minimum absolute atomic E-state index is 0.0578. The number of amides is 6. The molecular weight excluding hydrogens is 809 g/mol. The maximum Gasteiger partial charge on any atom is 0.255 e. The van der Waals surface area contributed by atoms with Crippen LogP contribution in [0.5, 0.6) is 11.5 Å². The Balaban J connectivity index is 0.000000168. The lowest BCUT2D eigenvalue weighted by molar-refractivity contribution is -0.138. The zero-order valence-corrected chi connectivity index (χ0v) is 34.7. The molecule has 5 fully saturated rings. The summed E-state index contributed by atoms with van der Waals surface area (Å²) in [4.78, 5) is 87.4. The van der Waals surface area contributed by atoms with Crippen molar-refractivity contribution in [3.05, 3.63) is 94.4 Å². The first kappa shape index (κ1) is 40.8. The first-order valence-corrected chi connectivity index (χ1v) is 21.8. The third-order valence-corrected chi connectivity index (χ3v) is 12.9. The highest BCUT2D eigenvalue weighted by Gasteiger charge is 2.41. The van der Waals surface area contributed by atoms with Crippen LogP contribution in [0.15, 0.2) is 60.8 Å². The number of carbonyl (C=O) groups excluding carboxylic acids is 6. The molecule has 4 atom stereocenters. The summed E-state index contributed by atoms with van der Waals surface area (Å²) in [5, 5.41) is 8.95. The van der Waals surface area contributed by atoms with Gasteiger partial charge in [0.05, 0.1) is 24.6 Å². The predicted octanol–water partition coefficient (Wildman–Crippen LogP) is 2.35. The fraction of sp³-hybridized carbons (Fsp3) is 0.435. The average molecular weight is 857 g/mol. The van der Waals surface area contributed by atoms with Crippen LogP contribution in [0.1, 0.15) is 87.7 Å². The standard InChI is InChI=1S/C29H29N5O5.C17H19N3O4/c35-26-6-5-25(28(36)32-26)34-13-19-10-21(2-3-23(19)29(34)37)39-22-7-8-33(14-22)12-17-1-4-24-18(9-17)11-30-27(31-24)20-15-38-16-20;21-15-4-3-14(16(22)19-15)20-9-10-7-11(1-2-13(10)17(20)23)24-12-5-6-18-8-12/h1-4,9-11,20,22,25H,5-8,12-16H2,(H,32,35,36);1-2,7,12,14,18H,3-6,8-9H2,(H,19,21,22)/t22-,25?;12-,14?/m00/s1. The Morgan fingerprint density at radius 3 is 1.92 bits per heavy atom. The quantitative estimate of drug-likeness (QED) is 0.208. The molecule has 17 heteroatoms. The number of benzene rings is 3. The second-order valence-corrected chi connectivity index (χ2v) is 17.3. The minimum Gasteiger partial charge on any atom is -0.489 e. The predicted molar refractivity (Wildman–Crippen MR) is 224 cm³/mol. The lowest BCUT2D eigenvalue weighted by Crippen LogP contribution is -2.52. The Bertz CT molecular complexity index is 2520. The highest BCUT2D eigenvalue weighted by Crippen LogP contribution is 2.33. The average Bonchev–Trinajstić information content (AvgIpc) is 4.06. The summed E-state index contributed by atoms with van der Waals surface area (Å²) >= 11 is 0. The first-order valence-electron chi connectivity index (χ1n) is 21.8. The smallest absolute Gasteiger partial charge is 0.255 e. The van der Waals surface area contributed by atoms with Crippen LogP contribution < -0.4 is 25.4 Å². The van der Waals surface area contributed by atoms with Gasteiger partial charge in [0.1, 0.15) is 41.6 Å². The van der Waals surface area contributed by atoms with Crippen LogP contribution >= 0.6 is 0 Å². The fourth-order valence-electron chi connectivity index (χ4n) is 9.43. The number of hydrogen-bond donors (Lipinski definition) is 3.